The Morgan fingerprint density at radius 1 is 0.909 bits per heavy atom. The van der Waals surface area contributed by atoms with E-state index in [0.717, 1.165) is 42.1 Å². The van der Waals surface area contributed by atoms with Crippen LogP contribution >= 0.6 is 0 Å². The molecule has 33 heavy (non-hydrogen) atoms. The van der Waals surface area contributed by atoms with E-state index in [4.69, 9.17) is 4.74 Å². The Bertz CT molecular complexity index is 1360. The highest BCUT2D eigenvalue weighted by Gasteiger charge is 2.37. The van der Waals surface area contributed by atoms with E-state index >= 15 is 0 Å². The molecule has 0 saturated carbocycles. The number of benzene rings is 2. The van der Waals surface area contributed by atoms with Gasteiger partial charge in [-0.05, 0) is 48.2 Å². The van der Waals surface area contributed by atoms with Crippen molar-refractivity contribution in [2.45, 2.75) is 25.1 Å². The summed E-state index contributed by atoms with van der Waals surface area (Å²) >= 11 is 0. The first-order valence-electron chi connectivity index (χ1n) is 9.81. The summed E-state index contributed by atoms with van der Waals surface area (Å²) in [5, 5.41) is 3.09. The number of alkyl halides is 3. The fourth-order valence-corrected chi connectivity index (χ4v) is 3.90. The number of nitrogens with one attached hydrogen (secondary N) is 1. The molecule has 5 rings (SSSR count). The van der Waals surface area contributed by atoms with E-state index in [2.05, 4.69) is 25.3 Å². The molecule has 0 radical (unpaired) electrons. The van der Waals surface area contributed by atoms with Gasteiger partial charge in [-0.1, -0.05) is 6.07 Å². The summed E-state index contributed by atoms with van der Waals surface area (Å²) < 4.78 is 73.3. The summed E-state index contributed by atoms with van der Waals surface area (Å²) in [5.74, 6) is -1.43. The summed E-state index contributed by atoms with van der Waals surface area (Å²) in [5.41, 5.74) is 0.511. The second-order valence-electron chi connectivity index (χ2n) is 7.49. The third-order valence-electron chi connectivity index (χ3n) is 5.31. The normalized spacial score (nSPS) is 15.5. The maximum Gasteiger partial charge on any atom is 0.437 e. The molecule has 1 aliphatic carbocycles. The first-order chi connectivity index (χ1) is 15.8. The Balaban J connectivity index is 1.37. The van der Waals surface area contributed by atoms with E-state index in [-0.39, 0.29) is 28.5 Å². The van der Waals surface area contributed by atoms with Gasteiger partial charge in [-0.25, -0.2) is 28.7 Å². The van der Waals surface area contributed by atoms with Crippen molar-refractivity contribution in [1.29, 1.82) is 0 Å². The fraction of sp³-hybridized carbons (Fsp3) is 0.182. The third kappa shape index (κ3) is 4.01. The standard InChI is InChI=1S/C22H14F5N5O/c23-15-3-4-16(24)19-18(15)21(31-10-29-19)32-13-5-11-1-2-14(7-12(11)6-13)33-17-8-28-9-30-20(17)22(25,26)27/h1-4,7-10,13H,5-6H2,(H,29,31,32). The molecule has 1 N–H and O–H groups in total. The largest absolute Gasteiger partial charge is 0.453 e. The zero-order valence-corrected chi connectivity index (χ0v) is 16.7. The third-order valence-corrected chi connectivity index (χ3v) is 5.31. The second-order valence-corrected chi connectivity index (χ2v) is 7.49. The lowest BCUT2D eigenvalue weighted by atomic mass is 10.1. The van der Waals surface area contributed by atoms with Crippen LogP contribution < -0.4 is 10.1 Å². The van der Waals surface area contributed by atoms with Gasteiger partial charge in [0.1, 0.15) is 41.4 Å². The van der Waals surface area contributed by atoms with Crippen molar-refractivity contribution in [3.05, 3.63) is 77.6 Å². The Morgan fingerprint density at radius 2 is 1.70 bits per heavy atom. The van der Waals surface area contributed by atoms with Crippen LogP contribution in [0.15, 0.2) is 49.2 Å². The highest BCUT2D eigenvalue weighted by molar-refractivity contribution is 5.89. The molecule has 1 unspecified atom stereocenters. The number of hydrogen-bond acceptors (Lipinski definition) is 6. The smallest absolute Gasteiger partial charge is 0.437 e. The molecular weight excluding hydrogens is 445 g/mol. The van der Waals surface area contributed by atoms with E-state index in [0.29, 0.717) is 12.8 Å². The molecule has 0 aliphatic heterocycles. The molecule has 2 aromatic heterocycles. The molecule has 0 spiro atoms. The van der Waals surface area contributed by atoms with Crippen molar-refractivity contribution in [3.63, 3.8) is 0 Å². The van der Waals surface area contributed by atoms with E-state index in [1.165, 1.54) is 0 Å². The van der Waals surface area contributed by atoms with E-state index in [1.54, 1.807) is 18.2 Å². The molecule has 1 aliphatic rings. The van der Waals surface area contributed by atoms with Crippen LogP contribution in [0.3, 0.4) is 0 Å². The number of ether oxygens (including phenoxy) is 1. The Labute approximate surface area is 183 Å². The highest BCUT2D eigenvalue weighted by Crippen LogP contribution is 2.37. The molecular formula is C22H14F5N5O. The van der Waals surface area contributed by atoms with Gasteiger partial charge in [0.05, 0.1) is 11.6 Å². The average molecular weight is 459 g/mol. The molecule has 0 fully saturated rings. The van der Waals surface area contributed by atoms with Gasteiger partial charge >= 0.3 is 6.18 Å². The van der Waals surface area contributed by atoms with Gasteiger partial charge in [0.15, 0.2) is 11.4 Å². The summed E-state index contributed by atoms with van der Waals surface area (Å²) in [7, 11) is 0. The minimum absolute atomic E-state index is 0.0405. The van der Waals surface area contributed by atoms with Gasteiger partial charge in [-0.15, -0.1) is 0 Å². The molecule has 0 bridgehead atoms. The van der Waals surface area contributed by atoms with E-state index < -0.39 is 29.3 Å². The summed E-state index contributed by atoms with van der Waals surface area (Å²) in [6.45, 7) is 0. The van der Waals surface area contributed by atoms with Gasteiger partial charge in [0.2, 0.25) is 0 Å². The molecule has 2 aromatic carbocycles. The molecule has 1 atom stereocenters. The predicted molar refractivity (Wildman–Crippen MR) is 108 cm³/mol. The summed E-state index contributed by atoms with van der Waals surface area (Å²) in [6.07, 6.45) is -0.728. The number of halogens is 5. The lowest BCUT2D eigenvalue weighted by Gasteiger charge is -2.14. The lowest BCUT2D eigenvalue weighted by molar-refractivity contribution is -0.142. The molecule has 6 nitrogen and oxygen atoms in total. The maximum absolute atomic E-state index is 14.3. The van der Waals surface area contributed by atoms with Crippen LogP contribution in [-0.2, 0) is 19.0 Å². The first kappa shape index (κ1) is 21.0. The SMILES string of the molecule is Fc1ccc(F)c2c(NC3Cc4ccc(Oc5cncnc5C(F)(F)F)cc4C3)ncnc12. The number of fused-ring (bicyclic) bond motifs is 2. The van der Waals surface area contributed by atoms with Crippen LogP contribution in [0, 0.1) is 11.6 Å². The van der Waals surface area contributed by atoms with Crippen molar-refractivity contribution < 1.29 is 26.7 Å². The summed E-state index contributed by atoms with van der Waals surface area (Å²) in [4.78, 5) is 14.8. The number of rotatable bonds is 4. The Kier molecular flexibility index (Phi) is 5.03. The maximum atomic E-state index is 14.3. The van der Waals surface area contributed by atoms with Gasteiger partial charge < -0.3 is 10.1 Å². The minimum Gasteiger partial charge on any atom is -0.453 e. The predicted octanol–water partition coefficient (Wildman–Crippen LogP) is 5.09. The second kappa shape index (κ2) is 7.91. The van der Waals surface area contributed by atoms with Crippen molar-refractivity contribution >= 4 is 16.7 Å². The van der Waals surface area contributed by atoms with Crippen LogP contribution in [0.1, 0.15) is 16.8 Å². The minimum atomic E-state index is -4.68. The highest BCUT2D eigenvalue weighted by atomic mass is 19.4. The molecule has 168 valence electrons. The number of hydrogen-bond donors (Lipinski definition) is 1. The summed E-state index contributed by atoms with van der Waals surface area (Å²) in [6, 6.07) is 6.78. The quantitative estimate of drug-likeness (QED) is 0.429. The number of anilines is 1. The fourth-order valence-electron chi connectivity index (χ4n) is 3.90. The molecule has 2 heterocycles. The van der Waals surface area contributed by atoms with E-state index in [9.17, 15) is 22.0 Å². The zero-order chi connectivity index (χ0) is 23.2. The monoisotopic (exact) mass is 459 g/mol. The van der Waals surface area contributed by atoms with Gasteiger partial charge in [-0.3, -0.25) is 0 Å². The van der Waals surface area contributed by atoms with Crippen molar-refractivity contribution in [3.8, 4) is 11.5 Å². The van der Waals surface area contributed by atoms with Gasteiger partial charge in [-0.2, -0.15) is 13.2 Å². The first-order valence-corrected chi connectivity index (χ1v) is 9.81. The van der Waals surface area contributed by atoms with Crippen LogP contribution in [-0.4, -0.2) is 26.0 Å². The zero-order valence-electron chi connectivity index (χ0n) is 16.7. The van der Waals surface area contributed by atoms with Crippen molar-refractivity contribution in [2.75, 3.05) is 5.32 Å². The molecule has 4 aromatic rings. The molecule has 11 heteroatoms. The molecule has 0 saturated heterocycles. The average Bonchev–Trinajstić information content (AvgIpc) is 3.17. The van der Waals surface area contributed by atoms with Crippen LogP contribution in [0.4, 0.5) is 27.8 Å². The van der Waals surface area contributed by atoms with Gasteiger partial charge in [0.25, 0.3) is 0 Å². The Morgan fingerprint density at radius 3 is 2.52 bits per heavy atom. The number of nitrogens with zero attached hydrogens (tertiary/aromatic N) is 4. The van der Waals surface area contributed by atoms with Crippen LogP contribution in [0.25, 0.3) is 10.9 Å². The molecule has 0 amide bonds. The van der Waals surface area contributed by atoms with Crippen LogP contribution in [0.2, 0.25) is 0 Å². The van der Waals surface area contributed by atoms with Crippen molar-refractivity contribution in [2.24, 2.45) is 0 Å². The topological polar surface area (TPSA) is 72.8 Å². The Hall–Kier alpha value is -3.89. The van der Waals surface area contributed by atoms with Gasteiger partial charge in [0, 0.05) is 6.04 Å². The van der Waals surface area contributed by atoms with Crippen molar-refractivity contribution in [1.82, 2.24) is 19.9 Å². The number of aromatic nitrogens is 4. The lowest BCUT2D eigenvalue weighted by Crippen LogP contribution is -2.20. The van der Waals surface area contributed by atoms with Crippen LogP contribution in [0.5, 0.6) is 11.5 Å². The van der Waals surface area contributed by atoms with E-state index in [1.807, 2.05) is 0 Å².